The Balaban J connectivity index is 1.47. The van der Waals surface area contributed by atoms with Crippen LogP contribution in [0.15, 0.2) is 52.7 Å². The van der Waals surface area contributed by atoms with E-state index in [1.807, 2.05) is 17.5 Å². The summed E-state index contributed by atoms with van der Waals surface area (Å²) >= 11 is 1.51. The van der Waals surface area contributed by atoms with E-state index in [4.69, 9.17) is 14.5 Å². The minimum Gasteiger partial charge on any atom is -0.497 e. The van der Waals surface area contributed by atoms with Crippen molar-refractivity contribution >= 4 is 26.5 Å². The summed E-state index contributed by atoms with van der Waals surface area (Å²) in [6, 6.07) is 10.5. The van der Waals surface area contributed by atoms with Crippen molar-refractivity contribution in [3.63, 3.8) is 0 Å². The zero-order valence-corrected chi connectivity index (χ0v) is 18.7. The Morgan fingerprint density at radius 1 is 0.968 bits per heavy atom. The predicted octanol–water partition coefficient (Wildman–Crippen LogP) is 3.48. The molecule has 10 heteroatoms. The lowest BCUT2D eigenvalue weighted by molar-refractivity contribution is 0.384. The molecule has 0 bridgehead atoms. The van der Waals surface area contributed by atoms with Crippen LogP contribution in [0.5, 0.6) is 11.5 Å². The van der Waals surface area contributed by atoms with Gasteiger partial charge >= 0.3 is 0 Å². The van der Waals surface area contributed by atoms with Gasteiger partial charge in [-0.3, -0.25) is 0 Å². The van der Waals surface area contributed by atoms with Crippen molar-refractivity contribution in [2.75, 3.05) is 45.3 Å². The maximum Gasteiger partial charge on any atom is 0.243 e. The van der Waals surface area contributed by atoms with Crippen LogP contribution in [0.4, 0.5) is 9.52 Å². The molecule has 1 aliphatic heterocycles. The molecule has 0 saturated carbocycles. The average Bonchev–Trinajstić information content (AvgIpc) is 3.29. The van der Waals surface area contributed by atoms with Crippen molar-refractivity contribution in [3.05, 3.63) is 53.7 Å². The molecule has 0 radical (unpaired) electrons. The Kier molecular flexibility index (Phi) is 6.12. The van der Waals surface area contributed by atoms with Crippen molar-refractivity contribution < 1.29 is 22.3 Å². The molecule has 1 aromatic heterocycles. The molecule has 2 heterocycles. The van der Waals surface area contributed by atoms with E-state index in [2.05, 4.69) is 4.90 Å². The van der Waals surface area contributed by atoms with Gasteiger partial charge in [0, 0.05) is 43.2 Å². The second kappa shape index (κ2) is 8.81. The monoisotopic (exact) mass is 463 g/mol. The maximum atomic E-state index is 13.1. The second-order valence-corrected chi connectivity index (χ2v) is 9.74. The second-order valence-electron chi connectivity index (χ2n) is 6.96. The van der Waals surface area contributed by atoms with Crippen molar-refractivity contribution in [2.45, 2.75) is 4.90 Å². The number of piperazine rings is 1. The van der Waals surface area contributed by atoms with Crippen LogP contribution in [-0.2, 0) is 10.0 Å². The fourth-order valence-electron chi connectivity index (χ4n) is 3.37. The van der Waals surface area contributed by atoms with Gasteiger partial charge < -0.3 is 14.4 Å². The normalized spacial score (nSPS) is 15.1. The lowest BCUT2D eigenvalue weighted by atomic mass is 10.1. The number of nitrogens with zero attached hydrogens (tertiary/aromatic N) is 3. The number of sulfonamides is 1. The van der Waals surface area contributed by atoms with Crippen LogP contribution in [0.3, 0.4) is 0 Å². The summed E-state index contributed by atoms with van der Waals surface area (Å²) in [4.78, 5) is 6.91. The third kappa shape index (κ3) is 4.51. The molecule has 7 nitrogen and oxygen atoms in total. The summed E-state index contributed by atoms with van der Waals surface area (Å²) in [5.74, 6) is 0.907. The zero-order chi connectivity index (χ0) is 22.0. The number of rotatable bonds is 6. The molecule has 0 atom stereocenters. The predicted molar refractivity (Wildman–Crippen MR) is 118 cm³/mol. The van der Waals surface area contributed by atoms with Gasteiger partial charge in [-0.25, -0.2) is 17.8 Å². The molecule has 0 amide bonds. The van der Waals surface area contributed by atoms with E-state index in [1.165, 1.54) is 27.8 Å². The highest BCUT2D eigenvalue weighted by Crippen LogP contribution is 2.33. The van der Waals surface area contributed by atoms with Crippen molar-refractivity contribution in [3.8, 4) is 22.8 Å². The first-order chi connectivity index (χ1) is 14.9. The van der Waals surface area contributed by atoms with Gasteiger partial charge in [0.25, 0.3) is 0 Å². The molecule has 2 aromatic carbocycles. The summed E-state index contributed by atoms with van der Waals surface area (Å²) < 4.78 is 50.8. The van der Waals surface area contributed by atoms with Gasteiger partial charge in [-0.15, -0.1) is 11.3 Å². The molecule has 0 unspecified atom stereocenters. The average molecular weight is 464 g/mol. The summed E-state index contributed by atoms with van der Waals surface area (Å²) in [7, 11) is -0.439. The third-order valence-corrected chi connectivity index (χ3v) is 7.91. The van der Waals surface area contributed by atoms with Gasteiger partial charge in [-0.05, 0) is 36.4 Å². The summed E-state index contributed by atoms with van der Waals surface area (Å²) in [6.07, 6.45) is 0. The first-order valence-electron chi connectivity index (χ1n) is 9.60. The van der Waals surface area contributed by atoms with Crippen LogP contribution >= 0.6 is 11.3 Å². The van der Waals surface area contributed by atoms with Gasteiger partial charge in [0.2, 0.25) is 10.0 Å². The van der Waals surface area contributed by atoms with Crippen molar-refractivity contribution in [2.24, 2.45) is 0 Å². The Morgan fingerprint density at radius 3 is 2.16 bits per heavy atom. The third-order valence-electron chi connectivity index (χ3n) is 5.10. The quantitative estimate of drug-likeness (QED) is 0.557. The molecule has 0 spiro atoms. The summed E-state index contributed by atoms with van der Waals surface area (Å²) in [5.41, 5.74) is 1.69. The molecule has 1 aliphatic rings. The van der Waals surface area contributed by atoms with E-state index in [9.17, 15) is 12.8 Å². The molecular weight excluding hydrogens is 441 g/mol. The van der Waals surface area contributed by atoms with Gasteiger partial charge in [-0.1, -0.05) is 0 Å². The fourth-order valence-corrected chi connectivity index (χ4v) is 5.68. The number of aromatic nitrogens is 1. The zero-order valence-electron chi connectivity index (χ0n) is 17.1. The first-order valence-corrected chi connectivity index (χ1v) is 11.9. The number of hydrogen-bond acceptors (Lipinski definition) is 7. The van der Waals surface area contributed by atoms with Crippen LogP contribution in [0.1, 0.15) is 0 Å². The van der Waals surface area contributed by atoms with Crippen LogP contribution in [0.25, 0.3) is 11.3 Å². The fraction of sp³-hybridized carbons (Fsp3) is 0.286. The minimum atomic E-state index is -3.64. The Bertz CT molecular complexity index is 1140. The molecular formula is C21H22FN3O4S2. The number of thiazole rings is 1. The lowest BCUT2D eigenvalue weighted by Gasteiger charge is -2.33. The Hall–Kier alpha value is -2.69. The Labute approximate surface area is 184 Å². The van der Waals surface area contributed by atoms with E-state index in [-0.39, 0.29) is 4.90 Å². The number of methoxy groups -OCH3 is 2. The topological polar surface area (TPSA) is 72.0 Å². The van der Waals surface area contributed by atoms with E-state index in [1.54, 1.807) is 20.3 Å². The smallest absolute Gasteiger partial charge is 0.243 e. The van der Waals surface area contributed by atoms with Gasteiger partial charge in [0.1, 0.15) is 17.3 Å². The minimum absolute atomic E-state index is 0.103. The van der Waals surface area contributed by atoms with E-state index >= 15 is 0 Å². The van der Waals surface area contributed by atoms with E-state index in [0.29, 0.717) is 37.7 Å². The molecule has 0 aliphatic carbocycles. The summed E-state index contributed by atoms with van der Waals surface area (Å²) in [6.45, 7) is 1.72. The molecule has 0 N–H and O–H groups in total. The molecule has 3 aromatic rings. The standard InChI is InChI=1S/C21H22FN3O4S2/c1-28-17-11-15(12-18(13-17)29-2)20-14-30-21(23-20)24-7-9-25(10-8-24)31(26,27)19-5-3-16(22)4-6-19/h3-6,11-14H,7-10H2,1-2H3. The lowest BCUT2D eigenvalue weighted by Crippen LogP contribution is -2.48. The molecule has 4 rings (SSSR count). The van der Waals surface area contributed by atoms with Crippen LogP contribution in [0.2, 0.25) is 0 Å². The highest BCUT2D eigenvalue weighted by atomic mass is 32.2. The number of anilines is 1. The Morgan fingerprint density at radius 2 is 1.58 bits per heavy atom. The largest absolute Gasteiger partial charge is 0.497 e. The van der Waals surface area contributed by atoms with Gasteiger partial charge in [0.15, 0.2) is 5.13 Å². The van der Waals surface area contributed by atoms with Crippen LogP contribution in [-0.4, -0.2) is 58.1 Å². The van der Waals surface area contributed by atoms with Crippen molar-refractivity contribution in [1.82, 2.24) is 9.29 Å². The highest BCUT2D eigenvalue weighted by Gasteiger charge is 2.29. The molecule has 1 fully saturated rings. The first kappa shape index (κ1) is 21.5. The molecule has 164 valence electrons. The molecule has 1 saturated heterocycles. The van der Waals surface area contributed by atoms with E-state index < -0.39 is 15.8 Å². The highest BCUT2D eigenvalue weighted by molar-refractivity contribution is 7.89. The number of hydrogen-bond donors (Lipinski definition) is 0. The van der Waals surface area contributed by atoms with Gasteiger partial charge in [-0.2, -0.15) is 4.31 Å². The van der Waals surface area contributed by atoms with Crippen molar-refractivity contribution in [1.29, 1.82) is 0 Å². The SMILES string of the molecule is COc1cc(OC)cc(-c2csc(N3CCN(S(=O)(=O)c4ccc(F)cc4)CC3)n2)c1. The molecule has 31 heavy (non-hydrogen) atoms. The van der Waals surface area contributed by atoms with E-state index in [0.717, 1.165) is 28.5 Å². The van der Waals surface area contributed by atoms with Crippen LogP contribution in [0, 0.1) is 5.82 Å². The summed E-state index contributed by atoms with van der Waals surface area (Å²) in [5, 5.41) is 2.79. The number of ether oxygens (including phenoxy) is 2. The maximum absolute atomic E-state index is 13.1. The number of halogens is 1. The number of benzene rings is 2. The van der Waals surface area contributed by atoms with Crippen LogP contribution < -0.4 is 14.4 Å². The van der Waals surface area contributed by atoms with Gasteiger partial charge in [0.05, 0.1) is 24.8 Å².